The minimum absolute atomic E-state index is 0.355. The van der Waals surface area contributed by atoms with Crippen molar-refractivity contribution in [3.63, 3.8) is 0 Å². The Morgan fingerprint density at radius 2 is 1.62 bits per heavy atom. The minimum atomic E-state index is -4.41. The second-order valence-electron chi connectivity index (χ2n) is 10.2. The molecule has 1 saturated heterocycles. The average molecular weight is 540 g/mol. The second-order valence-corrected chi connectivity index (χ2v) is 10.2. The van der Waals surface area contributed by atoms with Crippen LogP contribution in [-0.2, 0) is 6.18 Å². The Kier molecular flexibility index (Phi) is 8.26. The molecule has 0 saturated carbocycles. The Morgan fingerprint density at radius 1 is 0.872 bits per heavy atom. The molecule has 5 rings (SSSR count). The van der Waals surface area contributed by atoms with Crippen LogP contribution in [0.15, 0.2) is 66.2 Å². The molecule has 0 aliphatic carbocycles. The molecular formula is C32H33F4NO2. The van der Waals surface area contributed by atoms with Crippen molar-refractivity contribution in [1.29, 1.82) is 0 Å². The van der Waals surface area contributed by atoms with Crippen LogP contribution < -0.4 is 9.47 Å². The molecule has 2 heterocycles. The van der Waals surface area contributed by atoms with E-state index in [4.69, 9.17) is 9.47 Å². The summed E-state index contributed by atoms with van der Waals surface area (Å²) >= 11 is 0. The average Bonchev–Trinajstić information content (AvgIpc) is 2.94. The van der Waals surface area contributed by atoms with Gasteiger partial charge in [0.15, 0.2) is 0 Å². The number of piperidine rings is 1. The molecule has 0 unspecified atom stereocenters. The van der Waals surface area contributed by atoms with Gasteiger partial charge in [-0.15, -0.1) is 0 Å². The van der Waals surface area contributed by atoms with Crippen LogP contribution in [0.5, 0.6) is 11.5 Å². The van der Waals surface area contributed by atoms with Crippen LogP contribution in [0.3, 0.4) is 0 Å². The molecule has 2 aliphatic rings. The third kappa shape index (κ3) is 6.30. The van der Waals surface area contributed by atoms with Gasteiger partial charge in [0.25, 0.3) is 0 Å². The first kappa shape index (κ1) is 27.3. The van der Waals surface area contributed by atoms with Gasteiger partial charge < -0.3 is 9.47 Å². The lowest BCUT2D eigenvalue weighted by Gasteiger charge is -2.31. The summed E-state index contributed by atoms with van der Waals surface area (Å²) in [5, 5.41) is 0. The largest absolute Gasteiger partial charge is 0.494 e. The lowest BCUT2D eigenvalue weighted by Crippen LogP contribution is -2.33. The molecule has 0 spiro atoms. The van der Waals surface area contributed by atoms with Gasteiger partial charge in [0.2, 0.25) is 0 Å². The second kappa shape index (κ2) is 11.8. The van der Waals surface area contributed by atoms with E-state index in [9.17, 15) is 13.2 Å². The van der Waals surface area contributed by atoms with E-state index < -0.39 is 11.7 Å². The fourth-order valence-corrected chi connectivity index (χ4v) is 5.29. The molecule has 0 N–H and O–H groups in total. The van der Waals surface area contributed by atoms with E-state index in [1.165, 1.54) is 24.6 Å². The van der Waals surface area contributed by atoms with Crippen molar-refractivity contribution in [3.8, 4) is 22.6 Å². The van der Waals surface area contributed by atoms with Gasteiger partial charge in [-0.05, 0) is 97.1 Å². The fourth-order valence-electron chi connectivity index (χ4n) is 5.29. The van der Waals surface area contributed by atoms with E-state index in [-0.39, 0.29) is 5.82 Å². The van der Waals surface area contributed by atoms with Gasteiger partial charge in [-0.3, -0.25) is 4.90 Å². The van der Waals surface area contributed by atoms with Crippen LogP contribution in [0.25, 0.3) is 16.7 Å². The van der Waals surface area contributed by atoms with E-state index in [1.54, 1.807) is 12.1 Å². The van der Waals surface area contributed by atoms with E-state index in [0.29, 0.717) is 47.9 Å². The van der Waals surface area contributed by atoms with Crippen molar-refractivity contribution < 1.29 is 27.0 Å². The van der Waals surface area contributed by atoms with Gasteiger partial charge in [-0.25, -0.2) is 4.39 Å². The zero-order chi connectivity index (χ0) is 27.4. The first-order chi connectivity index (χ1) is 18.8. The summed E-state index contributed by atoms with van der Waals surface area (Å²) in [7, 11) is 0. The topological polar surface area (TPSA) is 21.7 Å². The molecular weight excluding hydrogens is 506 g/mol. The summed E-state index contributed by atoms with van der Waals surface area (Å²) in [6.07, 6.45) is 0.950. The number of hydrogen-bond donors (Lipinski definition) is 0. The highest BCUT2D eigenvalue weighted by Gasteiger charge is 2.31. The number of ether oxygens (including phenoxy) is 2. The summed E-state index contributed by atoms with van der Waals surface area (Å²) in [4.78, 5) is 2.37. The predicted octanol–water partition coefficient (Wildman–Crippen LogP) is 8.37. The molecule has 0 radical (unpaired) electrons. The molecule has 0 aromatic heterocycles. The number of benzene rings is 3. The maximum Gasteiger partial charge on any atom is 0.416 e. The lowest BCUT2D eigenvalue weighted by molar-refractivity contribution is -0.137. The summed E-state index contributed by atoms with van der Waals surface area (Å²) in [6, 6.07) is 15.5. The van der Waals surface area contributed by atoms with Crippen molar-refractivity contribution in [3.05, 3.63) is 88.7 Å². The summed E-state index contributed by atoms with van der Waals surface area (Å²) in [6.45, 7) is 5.62. The van der Waals surface area contributed by atoms with Crippen molar-refractivity contribution in [2.24, 2.45) is 0 Å². The van der Waals surface area contributed by atoms with Crippen LogP contribution in [0.2, 0.25) is 0 Å². The molecule has 39 heavy (non-hydrogen) atoms. The van der Waals surface area contributed by atoms with Crippen LogP contribution in [0, 0.1) is 5.82 Å². The SMILES string of the molecule is CCCCOc1ccc(F)c(-c2ccc3c(c2)C(c2ccc(C(F)(F)F)cc2)=C(CN2CCCCC2)CO3)c1. The molecule has 0 atom stereocenters. The molecule has 0 bridgehead atoms. The lowest BCUT2D eigenvalue weighted by atomic mass is 9.88. The van der Waals surface area contributed by atoms with Crippen molar-refractivity contribution in [2.75, 3.05) is 32.8 Å². The van der Waals surface area contributed by atoms with Gasteiger partial charge in [0, 0.05) is 17.7 Å². The molecule has 1 fully saturated rings. The number of likely N-dealkylation sites (tertiary alicyclic amines) is 1. The first-order valence-corrected chi connectivity index (χ1v) is 13.7. The van der Waals surface area contributed by atoms with Gasteiger partial charge in [-0.2, -0.15) is 13.2 Å². The molecule has 0 amide bonds. The molecule has 206 valence electrons. The van der Waals surface area contributed by atoms with Crippen molar-refractivity contribution >= 4 is 5.57 Å². The molecule has 7 heteroatoms. The summed E-state index contributed by atoms with van der Waals surface area (Å²) < 4.78 is 66.9. The highest BCUT2D eigenvalue weighted by molar-refractivity contribution is 5.88. The third-order valence-corrected chi connectivity index (χ3v) is 7.38. The van der Waals surface area contributed by atoms with Crippen molar-refractivity contribution in [1.82, 2.24) is 4.90 Å². The third-order valence-electron chi connectivity index (χ3n) is 7.38. The van der Waals surface area contributed by atoms with Crippen molar-refractivity contribution in [2.45, 2.75) is 45.2 Å². The number of nitrogens with zero attached hydrogens (tertiary/aromatic N) is 1. The Bertz CT molecular complexity index is 1320. The van der Waals surface area contributed by atoms with Gasteiger partial charge in [0.1, 0.15) is 23.9 Å². The maximum absolute atomic E-state index is 15.0. The summed E-state index contributed by atoms with van der Waals surface area (Å²) in [5.41, 5.74) is 3.68. The fraction of sp³-hybridized carbons (Fsp3) is 0.375. The van der Waals surface area contributed by atoms with E-state index in [2.05, 4.69) is 11.8 Å². The number of rotatable bonds is 8. The van der Waals surface area contributed by atoms with Gasteiger partial charge in [0.05, 0.1) is 12.2 Å². The van der Waals surface area contributed by atoms with Crippen LogP contribution in [-0.4, -0.2) is 37.7 Å². The number of alkyl halides is 3. The Balaban J connectivity index is 1.57. The highest BCUT2D eigenvalue weighted by Crippen LogP contribution is 2.41. The number of unbranched alkanes of at least 4 members (excludes halogenated alkanes) is 1. The minimum Gasteiger partial charge on any atom is -0.494 e. The first-order valence-electron chi connectivity index (χ1n) is 13.7. The number of fused-ring (bicyclic) bond motifs is 1. The summed E-state index contributed by atoms with van der Waals surface area (Å²) in [5.74, 6) is 0.855. The smallest absolute Gasteiger partial charge is 0.416 e. The standard InChI is InChI=1S/C32H33F4NO2/c1-2-3-17-38-26-12-13-29(33)27(19-26)23-9-14-30-28(18-23)31(22-7-10-25(11-8-22)32(34,35)36)24(21-39-30)20-37-15-5-4-6-16-37/h7-14,18-19H,2-6,15-17,20-21H2,1H3. The zero-order valence-corrected chi connectivity index (χ0v) is 22.1. The highest BCUT2D eigenvalue weighted by atomic mass is 19.4. The monoisotopic (exact) mass is 539 g/mol. The molecule has 2 aliphatic heterocycles. The van der Waals surface area contributed by atoms with Gasteiger partial charge >= 0.3 is 6.18 Å². The molecule has 3 aromatic rings. The Morgan fingerprint density at radius 3 is 2.33 bits per heavy atom. The van der Waals surface area contributed by atoms with E-state index in [0.717, 1.165) is 67.6 Å². The van der Waals surface area contributed by atoms with Crippen LogP contribution in [0.4, 0.5) is 17.6 Å². The Hall–Kier alpha value is -3.32. The normalized spacial score (nSPS) is 16.1. The predicted molar refractivity (Wildman–Crippen MR) is 145 cm³/mol. The van der Waals surface area contributed by atoms with Crippen LogP contribution >= 0.6 is 0 Å². The number of halogens is 4. The molecule has 3 aromatic carbocycles. The van der Waals surface area contributed by atoms with Crippen LogP contribution in [0.1, 0.15) is 55.7 Å². The van der Waals surface area contributed by atoms with E-state index in [1.807, 2.05) is 18.2 Å². The molecule has 3 nitrogen and oxygen atoms in total. The number of hydrogen-bond acceptors (Lipinski definition) is 3. The maximum atomic E-state index is 15.0. The van der Waals surface area contributed by atoms with Gasteiger partial charge in [-0.1, -0.05) is 38.0 Å². The zero-order valence-electron chi connectivity index (χ0n) is 22.1. The van der Waals surface area contributed by atoms with E-state index >= 15 is 4.39 Å². The quantitative estimate of drug-likeness (QED) is 0.212. The Labute approximate surface area is 227 Å².